The van der Waals surface area contributed by atoms with E-state index in [1.165, 1.54) is 16.0 Å². The van der Waals surface area contributed by atoms with E-state index in [1.54, 1.807) is 22.3 Å². The zero-order chi connectivity index (χ0) is 19.4. The number of quaternary nitrogens is 1. The maximum atomic E-state index is 13.0. The van der Waals surface area contributed by atoms with Crippen molar-refractivity contribution >= 4 is 38.7 Å². The third kappa shape index (κ3) is 4.62. The lowest BCUT2D eigenvalue weighted by Gasteiger charge is -2.19. The largest absolute Gasteiger partial charge is 0.338 e. The molecular formula is C22H26N3OS+. The molecule has 0 unspecified atom stereocenters. The standard InChI is InChI=1S/C22H25N3OS/c1-16-10-12-19-21(17(16)2)23-22(27-19)25(15-14-24(3)4)20(26)13-11-18-8-6-5-7-9-18/h5-13H,14-15H2,1-4H3/p+1/b13-11+. The minimum atomic E-state index is -0.0338. The molecule has 1 amide bonds. The Morgan fingerprint density at radius 2 is 1.89 bits per heavy atom. The Morgan fingerprint density at radius 3 is 2.59 bits per heavy atom. The van der Waals surface area contributed by atoms with Crippen molar-refractivity contribution in [2.24, 2.45) is 0 Å². The van der Waals surface area contributed by atoms with Crippen molar-refractivity contribution in [2.75, 3.05) is 32.1 Å². The number of amides is 1. The van der Waals surface area contributed by atoms with Crippen LogP contribution in [0.5, 0.6) is 0 Å². The Balaban J connectivity index is 1.92. The lowest BCUT2D eigenvalue weighted by molar-refractivity contribution is -0.856. The van der Waals surface area contributed by atoms with Gasteiger partial charge in [-0.1, -0.05) is 47.7 Å². The number of carbonyl (C=O) groups is 1. The maximum absolute atomic E-state index is 13.0. The summed E-state index contributed by atoms with van der Waals surface area (Å²) in [6.07, 6.45) is 3.51. The summed E-state index contributed by atoms with van der Waals surface area (Å²) >= 11 is 1.58. The molecule has 0 aliphatic carbocycles. The van der Waals surface area contributed by atoms with Crippen LogP contribution in [0, 0.1) is 13.8 Å². The number of hydrogen-bond acceptors (Lipinski definition) is 3. The van der Waals surface area contributed by atoms with E-state index < -0.39 is 0 Å². The quantitative estimate of drug-likeness (QED) is 0.667. The van der Waals surface area contributed by atoms with Crippen LogP contribution in [-0.2, 0) is 4.79 Å². The fourth-order valence-electron chi connectivity index (χ4n) is 2.79. The lowest BCUT2D eigenvalue weighted by Crippen LogP contribution is -3.06. The molecule has 0 bridgehead atoms. The van der Waals surface area contributed by atoms with Gasteiger partial charge in [0.15, 0.2) is 5.13 Å². The number of hydrogen-bond donors (Lipinski definition) is 1. The molecule has 0 aliphatic heterocycles. The van der Waals surface area contributed by atoms with Gasteiger partial charge in [0.05, 0.1) is 37.4 Å². The summed E-state index contributed by atoms with van der Waals surface area (Å²) in [6, 6.07) is 14.1. The molecule has 1 heterocycles. The van der Waals surface area contributed by atoms with Crippen LogP contribution < -0.4 is 9.80 Å². The normalized spacial score (nSPS) is 11.6. The Labute approximate surface area is 164 Å². The minimum Gasteiger partial charge on any atom is -0.338 e. The third-order valence-corrected chi connectivity index (χ3v) is 5.67. The number of nitrogens with one attached hydrogen (secondary N) is 1. The van der Waals surface area contributed by atoms with Crippen LogP contribution in [0.15, 0.2) is 48.5 Å². The van der Waals surface area contributed by atoms with Gasteiger partial charge in [0.2, 0.25) is 0 Å². The van der Waals surface area contributed by atoms with E-state index in [4.69, 9.17) is 4.98 Å². The molecule has 0 radical (unpaired) electrons. The summed E-state index contributed by atoms with van der Waals surface area (Å²) in [7, 11) is 4.18. The Bertz CT molecular complexity index is 960. The number of nitrogens with zero attached hydrogens (tertiary/aromatic N) is 2. The summed E-state index contributed by atoms with van der Waals surface area (Å²) in [6.45, 7) is 5.68. The van der Waals surface area contributed by atoms with E-state index >= 15 is 0 Å². The number of aryl methyl sites for hydroxylation is 2. The monoisotopic (exact) mass is 380 g/mol. The third-order valence-electron chi connectivity index (χ3n) is 4.62. The highest BCUT2D eigenvalue weighted by atomic mass is 32.1. The zero-order valence-electron chi connectivity index (χ0n) is 16.3. The first-order valence-electron chi connectivity index (χ1n) is 9.16. The number of carbonyl (C=O) groups excluding carboxylic acids is 1. The van der Waals surface area contributed by atoms with Crippen molar-refractivity contribution in [2.45, 2.75) is 13.8 Å². The lowest BCUT2D eigenvalue weighted by atomic mass is 10.1. The molecular weight excluding hydrogens is 354 g/mol. The van der Waals surface area contributed by atoms with E-state index in [-0.39, 0.29) is 5.91 Å². The van der Waals surface area contributed by atoms with E-state index in [9.17, 15) is 4.79 Å². The van der Waals surface area contributed by atoms with Crippen LogP contribution in [-0.4, -0.2) is 38.1 Å². The molecule has 1 N–H and O–H groups in total. The minimum absolute atomic E-state index is 0.0338. The number of benzene rings is 2. The molecule has 0 aliphatic rings. The molecule has 5 heteroatoms. The second kappa shape index (κ2) is 8.46. The highest BCUT2D eigenvalue weighted by Crippen LogP contribution is 2.32. The fourth-order valence-corrected chi connectivity index (χ4v) is 3.84. The molecule has 27 heavy (non-hydrogen) atoms. The first kappa shape index (κ1) is 19.3. The topological polar surface area (TPSA) is 37.6 Å². The van der Waals surface area contributed by atoms with Crippen molar-refractivity contribution in [3.8, 4) is 0 Å². The number of anilines is 1. The first-order valence-corrected chi connectivity index (χ1v) is 9.98. The number of fused-ring (bicyclic) bond motifs is 1. The van der Waals surface area contributed by atoms with Crippen molar-refractivity contribution in [3.63, 3.8) is 0 Å². The molecule has 0 saturated carbocycles. The Hall–Kier alpha value is -2.50. The number of aromatic nitrogens is 1. The van der Waals surface area contributed by atoms with Gasteiger partial charge in [-0.3, -0.25) is 9.69 Å². The van der Waals surface area contributed by atoms with Gasteiger partial charge in [-0.05, 0) is 42.7 Å². The van der Waals surface area contributed by atoms with Gasteiger partial charge in [0.1, 0.15) is 0 Å². The highest BCUT2D eigenvalue weighted by molar-refractivity contribution is 7.22. The van der Waals surface area contributed by atoms with Crippen LogP contribution >= 0.6 is 11.3 Å². The van der Waals surface area contributed by atoms with Crippen LogP contribution in [0.1, 0.15) is 16.7 Å². The molecule has 4 nitrogen and oxygen atoms in total. The average Bonchev–Trinajstić information content (AvgIpc) is 3.08. The molecule has 2 aromatic carbocycles. The molecule has 0 atom stereocenters. The summed E-state index contributed by atoms with van der Waals surface area (Å²) in [5.41, 5.74) is 4.41. The second-order valence-electron chi connectivity index (χ2n) is 7.04. The van der Waals surface area contributed by atoms with Gasteiger partial charge in [-0.2, -0.15) is 0 Å². The van der Waals surface area contributed by atoms with E-state index in [0.29, 0.717) is 6.54 Å². The molecule has 140 valence electrons. The van der Waals surface area contributed by atoms with Crippen molar-refractivity contribution in [3.05, 3.63) is 65.2 Å². The van der Waals surface area contributed by atoms with Crippen molar-refractivity contribution in [1.82, 2.24) is 4.98 Å². The van der Waals surface area contributed by atoms with Gasteiger partial charge >= 0.3 is 0 Å². The van der Waals surface area contributed by atoms with Crippen molar-refractivity contribution in [1.29, 1.82) is 0 Å². The van der Waals surface area contributed by atoms with Gasteiger partial charge in [-0.15, -0.1) is 0 Å². The predicted molar refractivity (Wildman–Crippen MR) is 115 cm³/mol. The number of thiazole rings is 1. The molecule has 0 fully saturated rings. The number of likely N-dealkylation sites (N-methyl/N-ethyl adjacent to an activating group) is 1. The van der Waals surface area contributed by atoms with Crippen LogP contribution in [0.25, 0.3) is 16.3 Å². The summed E-state index contributed by atoms with van der Waals surface area (Å²) in [4.78, 5) is 20.9. The van der Waals surface area contributed by atoms with Gasteiger partial charge in [0, 0.05) is 6.08 Å². The summed E-state index contributed by atoms with van der Waals surface area (Å²) in [5, 5.41) is 0.766. The molecule has 1 aromatic heterocycles. The number of rotatable bonds is 6. The van der Waals surface area contributed by atoms with Crippen molar-refractivity contribution < 1.29 is 9.69 Å². The Kier molecular flexibility index (Phi) is 6.04. The van der Waals surface area contributed by atoms with Crippen LogP contribution in [0.4, 0.5) is 5.13 Å². The van der Waals surface area contributed by atoms with E-state index in [2.05, 4.69) is 40.1 Å². The highest BCUT2D eigenvalue weighted by Gasteiger charge is 2.19. The van der Waals surface area contributed by atoms with E-state index in [1.807, 2.05) is 36.4 Å². The molecule has 3 aromatic rings. The summed E-state index contributed by atoms with van der Waals surface area (Å²) < 4.78 is 1.12. The van der Waals surface area contributed by atoms with Crippen LogP contribution in [0.3, 0.4) is 0 Å². The van der Waals surface area contributed by atoms with Crippen LogP contribution in [0.2, 0.25) is 0 Å². The predicted octanol–water partition coefficient (Wildman–Crippen LogP) is 3.10. The average molecular weight is 381 g/mol. The van der Waals surface area contributed by atoms with Gasteiger partial charge < -0.3 is 4.90 Å². The Morgan fingerprint density at radius 1 is 1.15 bits per heavy atom. The molecule has 0 saturated heterocycles. The fraction of sp³-hybridized carbons (Fsp3) is 0.273. The van der Waals surface area contributed by atoms with E-state index in [0.717, 1.165) is 27.5 Å². The van der Waals surface area contributed by atoms with Gasteiger partial charge in [0.25, 0.3) is 5.91 Å². The summed E-state index contributed by atoms with van der Waals surface area (Å²) in [5.74, 6) is -0.0338. The first-order chi connectivity index (χ1) is 13.0. The molecule has 3 rings (SSSR count). The maximum Gasteiger partial charge on any atom is 0.252 e. The SMILES string of the molecule is Cc1ccc2sc(N(CC[NH+](C)C)C(=O)/C=C/c3ccccc3)nc2c1C. The van der Waals surface area contributed by atoms with Gasteiger partial charge in [-0.25, -0.2) is 4.98 Å². The smallest absolute Gasteiger partial charge is 0.252 e. The second-order valence-corrected chi connectivity index (χ2v) is 8.05. The zero-order valence-corrected chi connectivity index (χ0v) is 17.1. The molecule has 0 spiro atoms.